The van der Waals surface area contributed by atoms with E-state index < -0.39 is 0 Å². The monoisotopic (exact) mass is 360 g/mol. The van der Waals surface area contributed by atoms with Crippen molar-refractivity contribution in [2.24, 2.45) is 11.7 Å². The summed E-state index contributed by atoms with van der Waals surface area (Å²) in [5.41, 5.74) is 13.5. The molecule has 1 aromatic carbocycles. The molecule has 1 fully saturated rings. The van der Waals surface area contributed by atoms with Crippen LogP contribution in [-0.4, -0.2) is 28.0 Å². The lowest BCUT2D eigenvalue weighted by Crippen LogP contribution is -2.23. The van der Waals surface area contributed by atoms with Gasteiger partial charge < -0.3 is 10.3 Å². The standard InChI is InChI=1S/C23H28N4/c1-15-3-5-20-18(11-15)23-21(6-4-16-12-22(23)26(2)13-16)27(20)14-19(24)17-7-9-25-10-8-17/h3,5,7-11,16,19,22H,4,6,12-14,24H2,1-2H3. The zero-order chi connectivity index (χ0) is 18.5. The third-order valence-corrected chi connectivity index (χ3v) is 6.64. The Bertz CT molecular complexity index is 975. The van der Waals surface area contributed by atoms with Crippen LogP contribution in [0.4, 0.5) is 0 Å². The molecule has 27 heavy (non-hydrogen) atoms. The largest absolute Gasteiger partial charge is 0.342 e. The first-order chi connectivity index (χ1) is 13.1. The van der Waals surface area contributed by atoms with Gasteiger partial charge in [-0.2, -0.15) is 0 Å². The Morgan fingerprint density at radius 2 is 2.04 bits per heavy atom. The molecular formula is C23H28N4. The number of hydrogen-bond donors (Lipinski definition) is 1. The molecule has 1 aliphatic carbocycles. The lowest BCUT2D eigenvalue weighted by Gasteiger charge is -2.23. The molecule has 3 atom stereocenters. The minimum Gasteiger partial charge on any atom is -0.342 e. The van der Waals surface area contributed by atoms with Crippen LogP contribution in [0.2, 0.25) is 0 Å². The highest BCUT2D eigenvalue weighted by Crippen LogP contribution is 2.45. The lowest BCUT2D eigenvalue weighted by atomic mass is 9.99. The Morgan fingerprint density at radius 3 is 2.85 bits per heavy atom. The molecule has 0 amide bonds. The van der Waals surface area contributed by atoms with Crippen molar-refractivity contribution in [1.82, 2.24) is 14.5 Å². The SMILES string of the molecule is Cc1ccc2c(c1)c1c(n2CC(N)c2ccncc2)CCC2CC1N(C)C2. The first-order valence-corrected chi connectivity index (χ1v) is 10.1. The number of nitrogens with zero attached hydrogens (tertiary/aromatic N) is 3. The van der Waals surface area contributed by atoms with Crippen LogP contribution >= 0.6 is 0 Å². The van der Waals surface area contributed by atoms with Crippen molar-refractivity contribution in [2.45, 2.75) is 44.8 Å². The van der Waals surface area contributed by atoms with Crippen molar-refractivity contribution < 1.29 is 0 Å². The van der Waals surface area contributed by atoms with Crippen LogP contribution in [0.5, 0.6) is 0 Å². The van der Waals surface area contributed by atoms with Crippen LogP contribution < -0.4 is 5.73 Å². The molecule has 3 aromatic rings. The molecule has 5 rings (SSSR count). The molecule has 4 heteroatoms. The number of fused-ring (bicyclic) bond motifs is 6. The molecule has 140 valence electrons. The van der Waals surface area contributed by atoms with Crippen LogP contribution in [0.3, 0.4) is 0 Å². The van der Waals surface area contributed by atoms with Crippen molar-refractivity contribution in [3.63, 3.8) is 0 Å². The molecule has 2 bridgehead atoms. The van der Waals surface area contributed by atoms with E-state index in [0.29, 0.717) is 6.04 Å². The zero-order valence-corrected chi connectivity index (χ0v) is 16.2. The smallest absolute Gasteiger partial charge is 0.0486 e. The van der Waals surface area contributed by atoms with Gasteiger partial charge in [-0.15, -0.1) is 0 Å². The minimum atomic E-state index is -0.0211. The molecular weight excluding hydrogens is 332 g/mol. The summed E-state index contributed by atoms with van der Waals surface area (Å²) < 4.78 is 2.52. The van der Waals surface area contributed by atoms with E-state index in [2.05, 4.69) is 46.6 Å². The van der Waals surface area contributed by atoms with Gasteiger partial charge in [0.05, 0.1) is 0 Å². The number of aryl methyl sites for hydroxylation is 1. The molecule has 2 aromatic heterocycles. The summed E-state index contributed by atoms with van der Waals surface area (Å²) in [6, 6.07) is 11.5. The molecule has 0 radical (unpaired) electrons. The van der Waals surface area contributed by atoms with Gasteiger partial charge in [0, 0.05) is 54.2 Å². The Kier molecular flexibility index (Phi) is 4.06. The quantitative estimate of drug-likeness (QED) is 0.768. The molecule has 2 N–H and O–H groups in total. The van der Waals surface area contributed by atoms with Crippen LogP contribution in [0.15, 0.2) is 42.7 Å². The van der Waals surface area contributed by atoms with E-state index in [1.807, 2.05) is 24.5 Å². The van der Waals surface area contributed by atoms with Gasteiger partial charge in [-0.3, -0.25) is 9.88 Å². The molecule has 0 saturated carbocycles. The number of hydrogen-bond acceptors (Lipinski definition) is 3. The lowest BCUT2D eigenvalue weighted by molar-refractivity contribution is 0.306. The van der Waals surface area contributed by atoms with Crippen LogP contribution in [-0.2, 0) is 13.0 Å². The van der Waals surface area contributed by atoms with Crippen LogP contribution in [0, 0.1) is 12.8 Å². The summed E-state index contributed by atoms with van der Waals surface area (Å²) in [5.74, 6) is 0.828. The third-order valence-electron chi connectivity index (χ3n) is 6.64. The predicted octanol–water partition coefficient (Wildman–Crippen LogP) is 3.98. The van der Waals surface area contributed by atoms with Gasteiger partial charge in [0.15, 0.2) is 0 Å². The van der Waals surface area contributed by atoms with E-state index >= 15 is 0 Å². The average Bonchev–Trinajstić information content (AvgIpc) is 3.09. The maximum atomic E-state index is 6.62. The Morgan fingerprint density at radius 1 is 1.22 bits per heavy atom. The molecule has 4 nitrogen and oxygen atoms in total. The average molecular weight is 361 g/mol. The molecule has 1 saturated heterocycles. The van der Waals surface area contributed by atoms with Crippen LogP contribution in [0.1, 0.15) is 47.3 Å². The van der Waals surface area contributed by atoms with E-state index in [-0.39, 0.29) is 6.04 Å². The number of nitrogens with two attached hydrogens (primary N) is 1. The van der Waals surface area contributed by atoms with Gasteiger partial charge in [0.25, 0.3) is 0 Å². The number of pyridine rings is 1. The van der Waals surface area contributed by atoms with Crippen molar-refractivity contribution >= 4 is 10.9 Å². The number of likely N-dealkylation sites (tertiary alicyclic amines) is 1. The Labute approximate surface area is 161 Å². The molecule has 3 unspecified atom stereocenters. The van der Waals surface area contributed by atoms with E-state index in [1.54, 1.807) is 5.56 Å². The van der Waals surface area contributed by atoms with Crippen molar-refractivity contribution in [3.05, 3.63) is 65.1 Å². The molecule has 1 aliphatic heterocycles. The first-order valence-electron chi connectivity index (χ1n) is 10.1. The Balaban J connectivity index is 1.65. The highest BCUT2D eigenvalue weighted by atomic mass is 15.2. The maximum Gasteiger partial charge on any atom is 0.0486 e. The number of benzene rings is 1. The van der Waals surface area contributed by atoms with E-state index in [1.165, 1.54) is 48.0 Å². The number of aromatic nitrogens is 2. The van der Waals surface area contributed by atoms with Crippen molar-refractivity contribution in [2.75, 3.05) is 13.6 Å². The zero-order valence-electron chi connectivity index (χ0n) is 16.2. The second-order valence-corrected chi connectivity index (χ2v) is 8.47. The first kappa shape index (κ1) is 17.0. The molecule has 0 spiro atoms. The van der Waals surface area contributed by atoms with E-state index in [9.17, 15) is 0 Å². The topological polar surface area (TPSA) is 47.1 Å². The highest BCUT2D eigenvalue weighted by molar-refractivity contribution is 5.87. The summed E-state index contributed by atoms with van der Waals surface area (Å²) in [5, 5.41) is 1.44. The summed E-state index contributed by atoms with van der Waals surface area (Å²) in [6.45, 7) is 4.25. The van der Waals surface area contributed by atoms with Gasteiger partial charge in [-0.1, -0.05) is 11.6 Å². The van der Waals surface area contributed by atoms with E-state index in [0.717, 1.165) is 18.0 Å². The van der Waals surface area contributed by atoms with Crippen molar-refractivity contribution in [3.8, 4) is 0 Å². The third kappa shape index (κ3) is 2.79. The predicted molar refractivity (Wildman–Crippen MR) is 110 cm³/mol. The minimum absolute atomic E-state index is 0.0211. The second kappa shape index (κ2) is 6.47. The molecule has 3 heterocycles. The molecule has 2 aliphatic rings. The normalized spacial score (nSPS) is 23.4. The summed E-state index contributed by atoms with van der Waals surface area (Å²) >= 11 is 0. The number of rotatable bonds is 3. The van der Waals surface area contributed by atoms with Crippen molar-refractivity contribution in [1.29, 1.82) is 0 Å². The summed E-state index contributed by atoms with van der Waals surface area (Å²) in [6.07, 6.45) is 7.42. The summed E-state index contributed by atoms with van der Waals surface area (Å²) in [4.78, 5) is 6.70. The van der Waals surface area contributed by atoms with Crippen LogP contribution in [0.25, 0.3) is 10.9 Å². The second-order valence-electron chi connectivity index (χ2n) is 8.47. The fraction of sp³-hybridized carbons (Fsp3) is 0.435. The fourth-order valence-corrected chi connectivity index (χ4v) is 5.30. The maximum absolute atomic E-state index is 6.62. The summed E-state index contributed by atoms with van der Waals surface area (Å²) in [7, 11) is 2.29. The van der Waals surface area contributed by atoms with Gasteiger partial charge in [-0.05, 0) is 74.5 Å². The van der Waals surface area contributed by atoms with Gasteiger partial charge >= 0.3 is 0 Å². The fourth-order valence-electron chi connectivity index (χ4n) is 5.30. The highest BCUT2D eigenvalue weighted by Gasteiger charge is 2.37. The van der Waals surface area contributed by atoms with E-state index in [4.69, 9.17) is 5.73 Å². The van der Waals surface area contributed by atoms with Gasteiger partial charge in [-0.25, -0.2) is 0 Å². The Hall–Kier alpha value is -2.17. The van der Waals surface area contributed by atoms with Gasteiger partial charge in [0.2, 0.25) is 0 Å². The van der Waals surface area contributed by atoms with Gasteiger partial charge in [0.1, 0.15) is 0 Å².